The van der Waals surface area contributed by atoms with E-state index in [2.05, 4.69) is 31.2 Å². The monoisotopic (exact) mass is 526 g/mol. The van der Waals surface area contributed by atoms with Crippen LogP contribution >= 0.6 is 11.6 Å². The minimum atomic E-state index is -0.885. The predicted molar refractivity (Wildman–Crippen MR) is 149 cm³/mol. The molecular formula is C33H38ClF3. The van der Waals surface area contributed by atoms with Crippen molar-refractivity contribution in [2.45, 2.75) is 89.9 Å². The van der Waals surface area contributed by atoms with Gasteiger partial charge in [0.2, 0.25) is 0 Å². The lowest BCUT2D eigenvalue weighted by Gasteiger charge is -2.29. The van der Waals surface area contributed by atoms with Crippen LogP contribution in [-0.4, -0.2) is 0 Å². The number of hydrogen-bond donors (Lipinski definition) is 0. The van der Waals surface area contributed by atoms with E-state index in [4.69, 9.17) is 11.6 Å². The van der Waals surface area contributed by atoms with Gasteiger partial charge in [-0.15, -0.1) is 0 Å². The van der Waals surface area contributed by atoms with Crippen LogP contribution in [0, 0.1) is 23.4 Å². The maximum Gasteiger partial charge on any atom is 0.145 e. The standard InChI is InChI=1S/C33H38ClF3/c1-2-3-4-5-6-7-23-10-15-26(16-11-23)27-17-12-24(13-18-27)8-9-25-14-19-29(30(35)20-25)28-21-31(36)33(34)32(37)22-28/h10-11,14-16,19-22,24,27H,2-9,12-13,17-18H2,1H3/t24-,27-. The zero-order chi connectivity index (χ0) is 26.2. The number of benzene rings is 3. The summed E-state index contributed by atoms with van der Waals surface area (Å²) >= 11 is 5.55. The molecule has 1 fully saturated rings. The van der Waals surface area contributed by atoms with Crippen molar-refractivity contribution in [3.8, 4) is 11.1 Å². The van der Waals surface area contributed by atoms with E-state index in [9.17, 15) is 13.2 Å². The Labute approximate surface area is 225 Å². The van der Waals surface area contributed by atoms with E-state index in [1.54, 1.807) is 6.07 Å². The average molecular weight is 527 g/mol. The summed E-state index contributed by atoms with van der Waals surface area (Å²) in [4.78, 5) is 0. The van der Waals surface area contributed by atoms with Crippen molar-refractivity contribution in [2.75, 3.05) is 0 Å². The number of hydrogen-bond acceptors (Lipinski definition) is 0. The quantitative estimate of drug-likeness (QED) is 0.172. The Bertz CT molecular complexity index is 1120. The molecule has 0 unspecified atom stereocenters. The molecule has 0 bridgehead atoms. The van der Waals surface area contributed by atoms with Crippen LogP contribution in [0.3, 0.4) is 0 Å². The molecule has 4 heteroatoms. The second-order valence-corrected chi connectivity index (χ2v) is 11.1. The summed E-state index contributed by atoms with van der Waals surface area (Å²) in [5.74, 6) is -0.937. The molecule has 0 atom stereocenters. The Morgan fingerprint density at radius 1 is 0.703 bits per heavy atom. The normalized spacial score (nSPS) is 17.8. The Morgan fingerprint density at radius 3 is 2.00 bits per heavy atom. The highest BCUT2D eigenvalue weighted by Crippen LogP contribution is 2.38. The molecule has 0 heterocycles. The SMILES string of the molecule is CCCCCCCc1ccc([C@H]2CC[C@H](CCc3ccc(-c4cc(F)c(Cl)c(F)c4)c(F)c3)CC2)cc1. The van der Waals surface area contributed by atoms with Crippen molar-refractivity contribution in [2.24, 2.45) is 5.92 Å². The van der Waals surface area contributed by atoms with Crippen LogP contribution in [0.4, 0.5) is 13.2 Å². The molecule has 0 saturated heterocycles. The van der Waals surface area contributed by atoms with Crippen molar-refractivity contribution in [3.05, 3.63) is 93.8 Å². The van der Waals surface area contributed by atoms with Crippen molar-refractivity contribution in [1.82, 2.24) is 0 Å². The van der Waals surface area contributed by atoms with Gasteiger partial charge in [-0.1, -0.05) is 80.6 Å². The maximum atomic E-state index is 14.8. The molecule has 3 aromatic rings. The predicted octanol–water partition coefficient (Wildman–Crippen LogP) is 10.8. The second kappa shape index (κ2) is 13.5. The first-order chi connectivity index (χ1) is 17.9. The van der Waals surface area contributed by atoms with Gasteiger partial charge in [-0.05, 0) is 104 Å². The molecule has 0 radical (unpaired) electrons. The van der Waals surface area contributed by atoms with Crippen LogP contribution in [0.25, 0.3) is 11.1 Å². The number of rotatable bonds is 11. The smallest absolute Gasteiger partial charge is 0.145 e. The Morgan fingerprint density at radius 2 is 1.35 bits per heavy atom. The molecule has 0 aromatic heterocycles. The van der Waals surface area contributed by atoms with Gasteiger partial charge in [-0.3, -0.25) is 0 Å². The largest absolute Gasteiger partial charge is 0.206 e. The van der Waals surface area contributed by atoms with Crippen LogP contribution in [-0.2, 0) is 12.8 Å². The molecule has 0 aliphatic heterocycles. The van der Waals surface area contributed by atoms with Gasteiger partial charge in [0.05, 0.1) is 0 Å². The first kappa shape index (κ1) is 27.8. The van der Waals surface area contributed by atoms with Gasteiger partial charge in [0.1, 0.15) is 22.5 Å². The molecule has 0 N–H and O–H groups in total. The summed E-state index contributed by atoms with van der Waals surface area (Å²) < 4.78 is 42.4. The molecule has 37 heavy (non-hydrogen) atoms. The second-order valence-electron chi connectivity index (χ2n) is 10.7. The summed E-state index contributed by atoms with van der Waals surface area (Å²) in [5, 5.41) is -0.569. The van der Waals surface area contributed by atoms with E-state index in [1.807, 2.05) is 6.07 Å². The molecular weight excluding hydrogens is 489 g/mol. The van der Waals surface area contributed by atoms with Crippen LogP contribution < -0.4 is 0 Å². The van der Waals surface area contributed by atoms with Gasteiger partial charge in [-0.2, -0.15) is 0 Å². The number of halogens is 4. The summed E-state index contributed by atoms with van der Waals surface area (Å²) in [6.45, 7) is 2.26. The van der Waals surface area contributed by atoms with E-state index >= 15 is 0 Å². The van der Waals surface area contributed by atoms with Crippen molar-refractivity contribution >= 4 is 11.6 Å². The highest BCUT2D eigenvalue weighted by atomic mass is 35.5. The van der Waals surface area contributed by atoms with E-state index in [0.29, 0.717) is 11.8 Å². The summed E-state index contributed by atoms with van der Waals surface area (Å²) in [6, 6.07) is 16.5. The van der Waals surface area contributed by atoms with Gasteiger partial charge in [0, 0.05) is 5.56 Å². The Balaban J connectivity index is 1.24. The molecule has 198 valence electrons. The molecule has 1 saturated carbocycles. The molecule has 0 spiro atoms. The third kappa shape index (κ3) is 7.63. The van der Waals surface area contributed by atoms with Crippen molar-refractivity contribution < 1.29 is 13.2 Å². The topological polar surface area (TPSA) is 0 Å². The Kier molecular flexibility index (Phi) is 10.1. The van der Waals surface area contributed by atoms with E-state index in [-0.39, 0.29) is 11.1 Å². The molecule has 3 aromatic carbocycles. The molecule has 4 rings (SSSR count). The molecule has 0 amide bonds. The Hall–Kier alpha value is -2.26. The lowest BCUT2D eigenvalue weighted by molar-refractivity contribution is 0.310. The lowest BCUT2D eigenvalue weighted by Crippen LogP contribution is -2.14. The van der Waals surface area contributed by atoms with Crippen molar-refractivity contribution in [3.63, 3.8) is 0 Å². The van der Waals surface area contributed by atoms with Crippen LogP contribution in [0.1, 0.15) is 93.7 Å². The number of unbranched alkanes of at least 4 members (excludes halogenated alkanes) is 4. The van der Waals surface area contributed by atoms with Gasteiger partial charge >= 0.3 is 0 Å². The average Bonchev–Trinajstić information content (AvgIpc) is 2.91. The first-order valence-corrected chi connectivity index (χ1v) is 14.3. The summed E-state index contributed by atoms with van der Waals surface area (Å²) in [6.07, 6.45) is 14.5. The zero-order valence-electron chi connectivity index (χ0n) is 21.8. The minimum absolute atomic E-state index is 0.154. The fraction of sp³-hybridized carbons (Fsp3) is 0.455. The van der Waals surface area contributed by atoms with E-state index in [1.165, 1.54) is 81.4 Å². The van der Waals surface area contributed by atoms with Crippen LogP contribution in [0.2, 0.25) is 5.02 Å². The van der Waals surface area contributed by atoms with E-state index in [0.717, 1.165) is 30.5 Å². The molecule has 1 aliphatic rings. The summed E-state index contributed by atoms with van der Waals surface area (Å²) in [7, 11) is 0. The maximum absolute atomic E-state index is 14.8. The van der Waals surface area contributed by atoms with Gasteiger partial charge in [0.15, 0.2) is 0 Å². The van der Waals surface area contributed by atoms with Crippen LogP contribution in [0.15, 0.2) is 54.6 Å². The van der Waals surface area contributed by atoms with Crippen molar-refractivity contribution in [1.29, 1.82) is 0 Å². The van der Waals surface area contributed by atoms with E-state index < -0.39 is 22.5 Å². The van der Waals surface area contributed by atoms with Gasteiger partial charge < -0.3 is 0 Å². The fourth-order valence-corrected chi connectivity index (χ4v) is 5.81. The third-order valence-corrected chi connectivity index (χ3v) is 8.40. The van der Waals surface area contributed by atoms with Crippen LogP contribution in [0.5, 0.6) is 0 Å². The van der Waals surface area contributed by atoms with Gasteiger partial charge in [0.25, 0.3) is 0 Å². The van der Waals surface area contributed by atoms with Gasteiger partial charge in [-0.25, -0.2) is 13.2 Å². The highest BCUT2D eigenvalue weighted by Gasteiger charge is 2.22. The first-order valence-electron chi connectivity index (χ1n) is 14.0. The fourth-order valence-electron chi connectivity index (χ4n) is 5.70. The number of aryl methyl sites for hydroxylation is 2. The molecule has 0 nitrogen and oxygen atoms in total. The lowest BCUT2D eigenvalue weighted by atomic mass is 9.76. The highest BCUT2D eigenvalue weighted by molar-refractivity contribution is 6.31. The molecule has 1 aliphatic carbocycles. The minimum Gasteiger partial charge on any atom is -0.206 e. The zero-order valence-corrected chi connectivity index (χ0v) is 22.6. The third-order valence-electron chi connectivity index (χ3n) is 8.04. The summed E-state index contributed by atoms with van der Waals surface area (Å²) in [5.41, 5.74) is 4.19.